The second-order valence-electron chi connectivity index (χ2n) is 3.58. The van der Waals surface area contributed by atoms with Crippen molar-refractivity contribution in [1.29, 1.82) is 5.26 Å². The lowest BCUT2D eigenvalue weighted by Gasteiger charge is -2.33. The van der Waals surface area contributed by atoms with E-state index < -0.39 is 16.2 Å². The molecule has 0 aromatic heterocycles. The highest BCUT2D eigenvalue weighted by atomic mass is 32.2. The molecule has 1 saturated carbocycles. The first-order chi connectivity index (χ1) is 6.60. The van der Waals surface area contributed by atoms with E-state index in [4.69, 9.17) is 5.26 Å². The molecule has 1 unspecified atom stereocenters. The van der Waals surface area contributed by atoms with E-state index in [1.54, 1.807) is 6.26 Å². The standard InChI is InChI=1S/C9H14N2O2S/c1-14(13)6-5-11-8(12)9(7-10)3-2-4-9/h2-6H2,1H3,(H,11,12). The third-order valence-corrected chi connectivity index (χ3v) is 3.31. The third-order valence-electron chi connectivity index (χ3n) is 2.53. The number of nitriles is 1. The van der Waals surface area contributed by atoms with Gasteiger partial charge in [-0.1, -0.05) is 0 Å². The van der Waals surface area contributed by atoms with Gasteiger partial charge in [0.25, 0.3) is 0 Å². The van der Waals surface area contributed by atoms with Gasteiger partial charge in [-0.25, -0.2) is 0 Å². The van der Waals surface area contributed by atoms with Crippen LogP contribution in [0.25, 0.3) is 0 Å². The Morgan fingerprint density at radius 1 is 1.64 bits per heavy atom. The van der Waals surface area contributed by atoms with Crippen molar-refractivity contribution < 1.29 is 9.00 Å². The summed E-state index contributed by atoms with van der Waals surface area (Å²) in [6.45, 7) is 0.394. The van der Waals surface area contributed by atoms with Gasteiger partial charge in [0.15, 0.2) is 0 Å². The molecule has 1 amide bonds. The highest BCUT2D eigenvalue weighted by molar-refractivity contribution is 7.84. The van der Waals surface area contributed by atoms with Gasteiger partial charge < -0.3 is 5.32 Å². The lowest BCUT2D eigenvalue weighted by Crippen LogP contribution is -2.45. The Morgan fingerprint density at radius 3 is 2.64 bits per heavy atom. The number of amides is 1. The van der Waals surface area contributed by atoms with E-state index in [-0.39, 0.29) is 5.91 Å². The Hall–Kier alpha value is -0.890. The van der Waals surface area contributed by atoms with Crippen molar-refractivity contribution in [3.05, 3.63) is 0 Å². The van der Waals surface area contributed by atoms with Crippen LogP contribution in [-0.2, 0) is 15.6 Å². The number of hydrogen-bond acceptors (Lipinski definition) is 3. The van der Waals surface area contributed by atoms with Gasteiger partial charge in [0, 0.05) is 29.4 Å². The molecule has 1 fully saturated rings. The lowest BCUT2D eigenvalue weighted by molar-refractivity contribution is -0.131. The maximum Gasteiger partial charge on any atom is 0.240 e. The van der Waals surface area contributed by atoms with E-state index in [0.29, 0.717) is 25.1 Å². The van der Waals surface area contributed by atoms with Crippen molar-refractivity contribution >= 4 is 16.7 Å². The van der Waals surface area contributed by atoms with Gasteiger partial charge in [0.2, 0.25) is 5.91 Å². The molecule has 4 nitrogen and oxygen atoms in total. The van der Waals surface area contributed by atoms with Crippen LogP contribution in [0.3, 0.4) is 0 Å². The van der Waals surface area contributed by atoms with Gasteiger partial charge in [0.05, 0.1) is 6.07 Å². The molecular formula is C9H14N2O2S. The minimum atomic E-state index is -0.892. The zero-order valence-electron chi connectivity index (χ0n) is 8.21. The van der Waals surface area contributed by atoms with E-state index in [0.717, 1.165) is 6.42 Å². The Labute approximate surface area is 86.1 Å². The van der Waals surface area contributed by atoms with Gasteiger partial charge >= 0.3 is 0 Å². The third kappa shape index (κ3) is 2.32. The average molecular weight is 214 g/mol. The van der Waals surface area contributed by atoms with Gasteiger partial charge in [-0.3, -0.25) is 9.00 Å². The fraction of sp³-hybridized carbons (Fsp3) is 0.778. The number of nitrogens with one attached hydrogen (secondary N) is 1. The second-order valence-corrected chi connectivity index (χ2v) is 5.14. The van der Waals surface area contributed by atoms with Crippen molar-refractivity contribution in [2.24, 2.45) is 5.41 Å². The summed E-state index contributed by atoms with van der Waals surface area (Å²) in [7, 11) is -0.892. The highest BCUT2D eigenvalue weighted by Crippen LogP contribution is 2.40. The SMILES string of the molecule is CS(=O)CCNC(=O)C1(C#N)CCC1. The molecule has 78 valence electrons. The normalized spacial score (nSPS) is 20.3. The van der Waals surface area contributed by atoms with Crippen molar-refractivity contribution in [3.8, 4) is 6.07 Å². The van der Waals surface area contributed by atoms with E-state index in [2.05, 4.69) is 11.4 Å². The topological polar surface area (TPSA) is 70.0 Å². The van der Waals surface area contributed by atoms with Crippen LogP contribution in [0.1, 0.15) is 19.3 Å². The van der Waals surface area contributed by atoms with E-state index in [9.17, 15) is 9.00 Å². The van der Waals surface area contributed by atoms with Crippen LogP contribution in [0.15, 0.2) is 0 Å². The molecule has 1 rings (SSSR count). The Balaban J connectivity index is 2.35. The summed E-state index contributed by atoms with van der Waals surface area (Å²) in [5.41, 5.74) is -0.783. The molecule has 0 aromatic rings. The Morgan fingerprint density at radius 2 is 2.29 bits per heavy atom. The molecule has 0 heterocycles. The van der Waals surface area contributed by atoms with Crippen LogP contribution in [0, 0.1) is 16.7 Å². The lowest BCUT2D eigenvalue weighted by atomic mass is 9.69. The van der Waals surface area contributed by atoms with Gasteiger partial charge in [-0.2, -0.15) is 5.26 Å². The van der Waals surface area contributed by atoms with Crippen molar-refractivity contribution in [1.82, 2.24) is 5.32 Å². The van der Waals surface area contributed by atoms with Gasteiger partial charge in [-0.05, 0) is 19.3 Å². The monoisotopic (exact) mass is 214 g/mol. The first-order valence-corrected chi connectivity index (χ1v) is 6.33. The number of hydrogen-bond donors (Lipinski definition) is 1. The number of carbonyl (C=O) groups is 1. The van der Waals surface area contributed by atoms with Crippen LogP contribution in [0.2, 0.25) is 0 Å². The molecular weight excluding hydrogens is 200 g/mol. The fourth-order valence-electron chi connectivity index (χ4n) is 1.40. The van der Waals surface area contributed by atoms with Crippen LogP contribution < -0.4 is 5.32 Å². The van der Waals surface area contributed by atoms with Crippen molar-refractivity contribution in [2.75, 3.05) is 18.6 Å². The molecule has 1 atom stereocenters. The van der Waals surface area contributed by atoms with E-state index in [1.807, 2.05) is 0 Å². The van der Waals surface area contributed by atoms with Crippen LogP contribution >= 0.6 is 0 Å². The molecule has 0 saturated heterocycles. The number of carbonyl (C=O) groups excluding carboxylic acids is 1. The van der Waals surface area contributed by atoms with Crippen molar-refractivity contribution in [2.45, 2.75) is 19.3 Å². The molecule has 0 aliphatic heterocycles. The van der Waals surface area contributed by atoms with Crippen LogP contribution in [-0.4, -0.2) is 28.7 Å². The zero-order valence-corrected chi connectivity index (χ0v) is 9.02. The fourth-order valence-corrected chi connectivity index (χ4v) is 1.79. The smallest absolute Gasteiger partial charge is 0.240 e. The van der Waals surface area contributed by atoms with E-state index in [1.165, 1.54) is 0 Å². The summed E-state index contributed by atoms with van der Waals surface area (Å²) < 4.78 is 10.7. The van der Waals surface area contributed by atoms with Crippen LogP contribution in [0.5, 0.6) is 0 Å². The molecule has 0 spiro atoms. The highest BCUT2D eigenvalue weighted by Gasteiger charge is 2.44. The molecule has 1 aliphatic rings. The molecule has 0 radical (unpaired) electrons. The number of nitrogens with zero attached hydrogens (tertiary/aromatic N) is 1. The molecule has 0 bridgehead atoms. The summed E-state index contributed by atoms with van der Waals surface area (Å²) in [6.07, 6.45) is 3.85. The van der Waals surface area contributed by atoms with Gasteiger partial charge in [0.1, 0.15) is 5.41 Å². The quantitative estimate of drug-likeness (QED) is 0.725. The predicted octanol–water partition coefficient (Wildman–Crippen LogP) is 0.175. The summed E-state index contributed by atoms with van der Waals surface area (Å²) in [6, 6.07) is 2.06. The summed E-state index contributed by atoms with van der Waals surface area (Å²) in [5.74, 6) is 0.254. The molecule has 0 aromatic carbocycles. The Bertz CT molecular complexity index is 292. The largest absolute Gasteiger partial charge is 0.354 e. The number of rotatable bonds is 4. The summed E-state index contributed by atoms with van der Waals surface area (Å²) >= 11 is 0. The minimum Gasteiger partial charge on any atom is -0.354 e. The minimum absolute atomic E-state index is 0.197. The summed E-state index contributed by atoms with van der Waals surface area (Å²) in [5, 5.41) is 11.5. The second kappa shape index (κ2) is 4.56. The summed E-state index contributed by atoms with van der Waals surface area (Å²) in [4.78, 5) is 11.5. The predicted molar refractivity (Wildman–Crippen MR) is 53.8 cm³/mol. The maximum absolute atomic E-state index is 11.5. The van der Waals surface area contributed by atoms with Gasteiger partial charge in [-0.15, -0.1) is 0 Å². The molecule has 5 heteroatoms. The first-order valence-electron chi connectivity index (χ1n) is 4.60. The first kappa shape index (κ1) is 11.2. The van der Waals surface area contributed by atoms with Crippen LogP contribution in [0.4, 0.5) is 0 Å². The maximum atomic E-state index is 11.5. The average Bonchev–Trinajstić information content (AvgIpc) is 2.02. The van der Waals surface area contributed by atoms with E-state index >= 15 is 0 Å². The Kier molecular flexibility index (Phi) is 3.64. The zero-order chi connectivity index (χ0) is 10.6. The molecule has 1 N–H and O–H groups in total. The molecule has 1 aliphatic carbocycles. The van der Waals surface area contributed by atoms with Crippen molar-refractivity contribution in [3.63, 3.8) is 0 Å². The molecule has 14 heavy (non-hydrogen) atoms.